The molecule has 0 aromatic carbocycles. The van der Waals surface area contributed by atoms with Gasteiger partial charge in [-0.1, -0.05) is 18.2 Å². The predicted molar refractivity (Wildman–Crippen MR) is 103 cm³/mol. The zero-order valence-corrected chi connectivity index (χ0v) is 16.4. The van der Waals surface area contributed by atoms with Crippen molar-refractivity contribution in [3.8, 4) is 0 Å². The number of hydrogen-bond donors (Lipinski definition) is 1. The average Bonchev–Trinajstić information content (AvgIpc) is 3.44. The van der Waals surface area contributed by atoms with E-state index in [-0.39, 0.29) is 17.9 Å². The number of aromatic nitrogens is 3. The fourth-order valence-corrected chi connectivity index (χ4v) is 4.84. The summed E-state index contributed by atoms with van der Waals surface area (Å²) in [5.74, 6) is -1.09. The van der Waals surface area contributed by atoms with Crippen LogP contribution >= 0.6 is 0 Å². The summed E-state index contributed by atoms with van der Waals surface area (Å²) in [5, 5.41) is 7.10. The van der Waals surface area contributed by atoms with Crippen molar-refractivity contribution in [2.75, 3.05) is 13.6 Å². The van der Waals surface area contributed by atoms with Crippen molar-refractivity contribution in [2.24, 2.45) is 11.8 Å². The molecule has 29 heavy (non-hydrogen) atoms. The molecule has 3 aliphatic heterocycles. The fraction of sp³-hybridized carbons (Fsp3) is 0.429. The molecule has 2 aromatic rings. The number of ether oxygens (including phenoxy) is 1. The molecule has 2 amide bonds. The Bertz CT molecular complexity index is 987. The minimum Gasteiger partial charge on any atom is -0.360 e. The van der Waals surface area contributed by atoms with Gasteiger partial charge in [-0.05, 0) is 24.6 Å². The van der Waals surface area contributed by atoms with Gasteiger partial charge in [0, 0.05) is 31.7 Å². The van der Waals surface area contributed by atoms with E-state index in [0.717, 1.165) is 17.0 Å². The Balaban J connectivity index is 1.36. The standard InChI is InChI=1S/C21H23N5O3/c1-13-8-15(24-23-13)11-25(2)19(27)17-16-5-6-21(29-16)12-26(20(28)18(17)21)10-14-4-3-7-22-9-14/h3-9,16-18H,10-12H2,1-2H3,(H,23,24)/t16-,17-,18+,21-/m0/s1. The molecular formula is C21H23N5O3. The lowest BCUT2D eigenvalue weighted by Gasteiger charge is -2.27. The summed E-state index contributed by atoms with van der Waals surface area (Å²) in [6.07, 6.45) is 7.04. The Hall–Kier alpha value is -3.00. The van der Waals surface area contributed by atoms with Crippen molar-refractivity contribution in [3.63, 3.8) is 0 Å². The second-order valence-electron chi connectivity index (χ2n) is 8.19. The Kier molecular flexibility index (Phi) is 4.06. The number of rotatable bonds is 5. The number of fused-ring (bicyclic) bond motifs is 1. The smallest absolute Gasteiger partial charge is 0.230 e. The molecule has 2 saturated heterocycles. The summed E-state index contributed by atoms with van der Waals surface area (Å²) in [6, 6.07) is 5.72. The van der Waals surface area contributed by atoms with Crippen molar-refractivity contribution < 1.29 is 14.3 Å². The highest BCUT2D eigenvalue weighted by Gasteiger charge is 2.67. The normalized spacial score (nSPS) is 29.5. The third-order valence-electron chi connectivity index (χ3n) is 6.09. The summed E-state index contributed by atoms with van der Waals surface area (Å²) >= 11 is 0. The van der Waals surface area contributed by atoms with Crippen LogP contribution in [0.3, 0.4) is 0 Å². The molecule has 0 unspecified atom stereocenters. The van der Waals surface area contributed by atoms with Gasteiger partial charge >= 0.3 is 0 Å². The van der Waals surface area contributed by atoms with E-state index in [4.69, 9.17) is 4.74 Å². The van der Waals surface area contributed by atoms with Crippen molar-refractivity contribution in [1.29, 1.82) is 0 Å². The van der Waals surface area contributed by atoms with E-state index in [0.29, 0.717) is 19.6 Å². The SMILES string of the molecule is Cc1cc(CN(C)C(=O)[C@H]2[C@@H]3C=C[C@@]4(CN(Cc5cccnc5)C(=O)[C@@H]24)O3)n[nH]1. The average molecular weight is 393 g/mol. The summed E-state index contributed by atoms with van der Waals surface area (Å²) in [4.78, 5) is 34.1. The topological polar surface area (TPSA) is 91.4 Å². The molecule has 5 heterocycles. The van der Waals surface area contributed by atoms with Gasteiger partial charge in [0.25, 0.3) is 0 Å². The molecule has 4 atom stereocenters. The molecule has 5 rings (SSSR count). The molecule has 1 spiro atoms. The number of aryl methyl sites for hydroxylation is 1. The van der Waals surface area contributed by atoms with Crippen molar-refractivity contribution in [2.45, 2.75) is 31.7 Å². The number of carbonyl (C=O) groups excluding carboxylic acids is 2. The van der Waals surface area contributed by atoms with Gasteiger partial charge in [0.05, 0.1) is 36.7 Å². The van der Waals surface area contributed by atoms with E-state index in [1.165, 1.54) is 0 Å². The summed E-state index contributed by atoms with van der Waals surface area (Å²) < 4.78 is 6.20. The molecular weight excluding hydrogens is 370 g/mol. The highest BCUT2D eigenvalue weighted by atomic mass is 16.5. The third kappa shape index (κ3) is 2.86. The monoisotopic (exact) mass is 393 g/mol. The first-order chi connectivity index (χ1) is 14.0. The highest BCUT2D eigenvalue weighted by molar-refractivity contribution is 5.93. The first-order valence-corrected chi connectivity index (χ1v) is 9.77. The van der Waals surface area contributed by atoms with Crippen LogP contribution in [0.5, 0.6) is 0 Å². The van der Waals surface area contributed by atoms with Gasteiger partial charge in [0.1, 0.15) is 5.60 Å². The first-order valence-electron chi connectivity index (χ1n) is 9.77. The predicted octanol–water partition coefficient (Wildman–Crippen LogP) is 1.05. The largest absolute Gasteiger partial charge is 0.360 e. The van der Waals surface area contributed by atoms with Gasteiger partial charge in [-0.25, -0.2) is 0 Å². The van der Waals surface area contributed by atoms with Crippen LogP contribution in [0.2, 0.25) is 0 Å². The van der Waals surface area contributed by atoms with E-state index in [9.17, 15) is 9.59 Å². The molecule has 0 radical (unpaired) electrons. The number of carbonyl (C=O) groups is 2. The minimum absolute atomic E-state index is 0.0249. The van der Waals surface area contributed by atoms with Crippen molar-refractivity contribution in [1.82, 2.24) is 25.0 Å². The van der Waals surface area contributed by atoms with Gasteiger partial charge in [-0.15, -0.1) is 0 Å². The third-order valence-corrected chi connectivity index (χ3v) is 6.09. The number of nitrogens with one attached hydrogen (secondary N) is 1. The van der Waals surface area contributed by atoms with Crippen LogP contribution in [0, 0.1) is 18.8 Å². The van der Waals surface area contributed by atoms with Crippen molar-refractivity contribution >= 4 is 11.8 Å². The molecule has 0 aliphatic carbocycles. The van der Waals surface area contributed by atoms with Gasteiger partial charge in [0.15, 0.2) is 0 Å². The maximum atomic E-state index is 13.3. The van der Waals surface area contributed by atoms with Crippen LogP contribution in [0.4, 0.5) is 0 Å². The lowest BCUT2D eigenvalue weighted by molar-refractivity contribution is -0.142. The number of pyridine rings is 1. The number of likely N-dealkylation sites (tertiary alicyclic amines) is 1. The Morgan fingerprint density at radius 3 is 3.07 bits per heavy atom. The molecule has 0 saturated carbocycles. The zero-order chi connectivity index (χ0) is 20.2. The van der Waals surface area contributed by atoms with Crippen LogP contribution in [0.15, 0.2) is 42.7 Å². The number of aromatic amines is 1. The minimum atomic E-state index is -0.700. The number of hydrogen-bond acceptors (Lipinski definition) is 5. The summed E-state index contributed by atoms with van der Waals surface area (Å²) in [5.41, 5.74) is 2.00. The molecule has 150 valence electrons. The summed E-state index contributed by atoms with van der Waals surface area (Å²) in [7, 11) is 1.75. The molecule has 8 heteroatoms. The number of nitrogens with zero attached hydrogens (tertiary/aromatic N) is 4. The molecule has 2 fully saturated rings. The first kappa shape index (κ1) is 18.1. The van der Waals surface area contributed by atoms with E-state index >= 15 is 0 Å². The van der Waals surface area contributed by atoms with Crippen LogP contribution in [-0.2, 0) is 27.4 Å². The van der Waals surface area contributed by atoms with Crippen molar-refractivity contribution in [3.05, 3.63) is 59.7 Å². The van der Waals surface area contributed by atoms with Crippen LogP contribution in [0.25, 0.3) is 0 Å². The summed E-state index contributed by atoms with van der Waals surface area (Å²) in [6.45, 7) is 3.24. The maximum absolute atomic E-state index is 13.3. The molecule has 2 aromatic heterocycles. The molecule has 8 nitrogen and oxygen atoms in total. The lowest BCUT2D eigenvalue weighted by atomic mass is 9.76. The second kappa shape index (κ2) is 6.52. The molecule has 2 bridgehead atoms. The van der Waals surface area contributed by atoms with E-state index < -0.39 is 17.4 Å². The Morgan fingerprint density at radius 2 is 2.34 bits per heavy atom. The number of amides is 2. The second-order valence-corrected chi connectivity index (χ2v) is 8.19. The lowest BCUT2D eigenvalue weighted by Crippen LogP contribution is -2.44. The van der Waals surface area contributed by atoms with Crippen LogP contribution < -0.4 is 0 Å². The van der Waals surface area contributed by atoms with Gasteiger partial charge in [-0.2, -0.15) is 5.10 Å². The van der Waals surface area contributed by atoms with E-state index in [1.54, 1.807) is 29.2 Å². The van der Waals surface area contributed by atoms with Gasteiger partial charge in [-0.3, -0.25) is 19.7 Å². The highest BCUT2D eigenvalue weighted by Crippen LogP contribution is 2.52. The zero-order valence-electron chi connectivity index (χ0n) is 16.4. The van der Waals surface area contributed by atoms with Crippen LogP contribution in [-0.4, -0.2) is 62.1 Å². The van der Waals surface area contributed by atoms with E-state index in [2.05, 4.69) is 15.2 Å². The maximum Gasteiger partial charge on any atom is 0.230 e. The molecule has 1 N–H and O–H groups in total. The Labute approximate surface area is 168 Å². The Morgan fingerprint density at radius 1 is 1.48 bits per heavy atom. The quantitative estimate of drug-likeness (QED) is 0.767. The van der Waals surface area contributed by atoms with E-state index in [1.807, 2.05) is 37.3 Å². The fourth-order valence-electron chi connectivity index (χ4n) is 4.84. The van der Waals surface area contributed by atoms with Gasteiger partial charge < -0.3 is 14.5 Å². The number of H-pyrrole nitrogens is 1. The molecule has 3 aliphatic rings. The van der Waals surface area contributed by atoms with Gasteiger partial charge in [0.2, 0.25) is 11.8 Å². The van der Waals surface area contributed by atoms with Crippen LogP contribution in [0.1, 0.15) is 17.0 Å².